The number of nitrogens with one attached hydrogen (secondary N) is 2. The van der Waals surface area contributed by atoms with Crippen LogP contribution in [0.2, 0.25) is 10.0 Å². The molecule has 0 saturated carbocycles. The molecular weight excluding hydrogens is 329 g/mol. The Hall–Kier alpha value is -2.05. The number of nitrogens with zero attached hydrogens (tertiary/aromatic N) is 1. The zero-order valence-corrected chi connectivity index (χ0v) is 13.1. The lowest BCUT2D eigenvalue weighted by Gasteiger charge is -2.16. The minimum Gasteiger partial charge on any atom is -0.348 e. The third kappa shape index (κ3) is 3.99. The van der Waals surface area contributed by atoms with Gasteiger partial charge in [0, 0.05) is 22.3 Å². The van der Waals surface area contributed by atoms with Gasteiger partial charge in [-0.05, 0) is 24.6 Å². The van der Waals surface area contributed by atoms with E-state index in [0.29, 0.717) is 15.6 Å². The van der Waals surface area contributed by atoms with Crippen LogP contribution in [0.15, 0.2) is 40.1 Å². The Morgan fingerprint density at radius 3 is 2.68 bits per heavy atom. The van der Waals surface area contributed by atoms with Gasteiger partial charge in [0.2, 0.25) is 5.91 Å². The summed E-state index contributed by atoms with van der Waals surface area (Å²) in [5, 5.41) is 3.68. The molecular formula is C14H13Cl2N3O3. The standard InChI is InChI=1S/C14H13Cl2N3O3/c1-8(10-3-2-9(15)6-11(10)16)17-13(21)7-19-5-4-12(20)18-14(19)22/h2-6,8H,7H2,1H3,(H,17,21)(H,18,20,22). The molecule has 1 amide bonds. The van der Waals surface area contributed by atoms with Gasteiger partial charge in [-0.3, -0.25) is 19.1 Å². The molecule has 0 radical (unpaired) electrons. The van der Waals surface area contributed by atoms with Crippen LogP contribution in [0.5, 0.6) is 0 Å². The van der Waals surface area contributed by atoms with Crippen molar-refractivity contribution in [3.63, 3.8) is 0 Å². The van der Waals surface area contributed by atoms with E-state index in [2.05, 4.69) is 10.3 Å². The van der Waals surface area contributed by atoms with Crippen molar-refractivity contribution < 1.29 is 4.79 Å². The smallest absolute Gasteiger partial charge is 0.328 e. The molecule has 0 aliphatic heterocycles. The summed E-state index contributed by atoms with van der Waals surface area (Å²) in [6.07, 6.45) is 1.26. The van der Waals surface area contributed by atoms with E-state index in [1.807, 2.05) is 0 Å². The van der Waals surface area contributed by atoms with E-state index < -0.39 is 11.2 Å². The molecule has 0 aliphatic carbocycles. The molecule has 116 valence electrons. The Labute approximate surface area is 135 Å². The number of aromatic amines is 1. The van der Waals surface area contributed by atoms with Crippen LogP contribution in [0.4, 0.5) is 0 Å². The highest BCUT2D eigenvalue weighted by Gasteiger charge is 2.13. The first-order valence-electron chi connectivity index (χ1n) is 6.41. The zero-order chi connectivity index (χ0) is 16.3. The molecule has 1 atom stereocenters. The van der Waals surface area contributed by atoms with Gasteiger partial charge in [-0.25, -0.2) is 4.79 Å². The molecule has 0 bridgehead atoms. The third-order valence-electron chi connectivity index (χ3n) is 3.02. The molecule has 2 rings (SSSR count). The van der Waals surface area contributed by atoms with E-state index in [4.69, 9.17) is 23.2 Å². The molecule has 1 unspecified atom stereocenters. The number of benzene rings is 1. The van der Waals surface area contributed by atoms with Crippen LogP contribution in [0.25, 0.3) is 0 Å². The van der Waals surface area contributed by atoms with Crippen LogP contribution >= 0.6 is 23.2 Å². The molecule has 2 N–H and O–H groups in total. The first-order valence-corrected chi connectivity index (χ1v) is 7.16. The van der Waals surface area contributed by atoms with Crippen molar-refractivity contribution in [3.8, 4) is 0 Å². The predicted octanol–water partition coefficient (Wildman–Crippen LogP) is 1.72. The van der Waals surface area contributed by atoms with E-state index in [-0.39, 0.29) is 18.5 Å². The SMILES string of the molecule is CC(NC(=O)Cn1ccc(=O)[nH]c1=O)c1ccc(Cl)cc1Cl. The van der Waals surface area contributed by atoms with Crippen LogP contribution < -0.4 is 16.6 Å². The summed E-state index contributed by atoms with van der Waals surface area (Å²) in [6.45, 7) is 1.56. The van der Waals surface area contributed by atoms with Crippen molar-refractivity contribution in [1.29, 1.82) is 0 Å². The maximum atomic E-state index is 12.0. The van der Waals surface area contributed by atoms with Gasteiger partial charge in [-0.15, -0.1) is 0 Å². The van der Waals surface area contributed by atoms with E-state index in [9.17, 15) is 14.4 Å². The van der Waals surface area contributed by atoms with E-state index in [1.165, 1.54) is 12.3 Å². The lowest BCUT2D eigenvalue weighted by molar-refractivity contribution is -0.122. The average molecular weight is 342 g/mol. The van der Waals surface area contributed by atoms with Crippen molar-refractivity contribution in [2.75, 3.05) is 0 Å². The molecule has 0 spiro atoms. The lowest BCUT2D eigenvalue weighted by Crippen LogP contribution is -2.36. The predicted molar refractivity (Wildman–Crippen MR) is 84.3 cm³/mol. The molecule has 1 aromatic carbocycles. The summed E-state index contributed by atoms with van der Waals surface area (Å²) in [4.78, 5) is 36.5. The molecule has 1 heterocycles. The van der Waals surface area contributed by atoms with Crippen LogP contribution in [0.1, 0.15) is 18.5 Å². The highest BCUT2D eigenvalue weighted by Crippen LogP contribution is 2.25. The second-order valence-electron chi connectivity index (χ2n) is 4.69. The normalized spacial score (nSPS) is 12.0. The van der Waals surface area contributed by atoms with Crippen LogP contribution in [0.3, 0.4) is 0 Å². The Morgan fingerprint density at radius 1 is 1.32 bits per heavy atom. The number of H-pyrrole nitrogens is 1. The fourth-order valence-corrected chi connectivity index (χ4v) is 2.51. The summed E-state index contributed by atoms with van der Waals surface area (Å²) in [5.74, 6) is -0.382. The topological polar surface area (TPSA) is 84.0 Å². The Morgan fingerprint density at radius 2 is 2.05 bits per heavy atom. The molecule has 22 heavy (non-hydrogen) atoms. The van der Waals surface area contributed by atoms with Crippen LogP contribution in [0, 0.1) is 0 Å². The molecule has 8 heteroatoms. The van der Waals surface area contributed by atoms with Gasteiger partial charge >= 0.3 is 5.69 Å². The Kier molecular flexibility index (Phi) is 5.05. The van der Waals surface area contributed by atoms with Crippen LogP contribution in [-0.2, 0) is 11.3 Å². The lowest BCUT2D eigenvalue weighted by atomic mass is 10.1. The number of carbonyl (C=O) groups excluding carboxylic acids is 1. The minimum atomic E-state index is -0.639. The van der Waals surface area contributed by atoms with Gasteiger partial charge in [0.25, 0.3) is 5.56 Å². The zero-order valence-electron chi connectivity index (χ0n) is 11.6. The summed E-state index contributed by atoms with van der Waals surface area (Å²) in [7, 11) is 0. The number of carbonyl (C=O) groups is 1. The van der Waals surface area contributed by atoms with Crippen molar-refractivity contribution in [3.05, 3.63) is 66.9 Å². The summed E-state index contributed by atoms with van der Waals surface area (Å²) < 4.78 is 1.10. The highest BCUT2D eigenvalue weighted by molar-refractivity contribution is 6.35. The number of hydrogen-bond acceptors (Lipinski definition) is 3. The minimum absolute atomic E-state index is 0.203. The van der Waals surface area contributed by atoms with Crippen molar-refractivity contribution in [2.45, 2.75) is 19.5 Å². The van der Waals surface area contributed by atoms with E-state index in [1.54, 1.807) is 25.1 Å². The molecule has 2 aromatic rings. The average Bonchev–Trinajstić information content (AvgIpc) is 2.41. The number of hydrogen-bond donors (Lipinski definition) is 2. The van der Waals surface area contributed by atoms with Crippen molar-refractivity contribution in [1.82, 2.24) is 14.9 Å². The first kappa shape index (κ1) is 16.3. The van der Waals surface area contributed by atoms with Gasteiger partial charge in [0.05, 0.1) is 6.04 Å². The summed E-state index contributed by atoms with van der Waals surface area (Å²) in [6, 6.07) is 5.82. The van der Waals surface area contributed by atoms with Gasteiger partial charge in [-0.2, -0.15) is 0 Å². The largest absolute Gasteiger partial charge is 0.348 e. The highest BCUT2D eigenvalue weighted by atomic mass is 35.5. The third-order valence-corrected chi connectivity index (χ3v) is 3.58. The molecule has 1 aromatic heterocycles. The monoisotopic (exact) mass is 341 g/mol. The maximum Gasteiger partial charge on any atom is 0.328 e. The Balaban J connectivity index is 2.08. The number of rotatable bonds is 4. The van der Waals surface area contributed by atoms with Gasteiger partial charge < -0.3 is 5.32 Å². The van der Waals surface area contributed by atoms with Gasteiger partial charge in [0.15, 0.2) is 0 Å². The van der Waals surface area contributed by atoms with Crippen molar-refractivity contribution >= 4 is 29.1 Å². The first-order chi connectivity index (χ1) is 10.4. The second kappa shape index (κ2) is 6.81. The van der Waals surface area contributed by atoms with Crippen LogP contribution in [-0.4, -0.2) is 15.5 Å². The molecule has 0 saturated heterocycles. The number of halogens is 2. The summed E-state index contributed by atoms with van der Waals surface area (Å²) in [5.41, 5.74) is -0.434. The van der Waals surface area contributed by atoms with Gasteiger partial charge in [0.1, 0.15) is 6.54 Å². The summed E-state index contributed by atoms with van der Waals surface area (Å²) >= 11 is 11.9. The fourth-order valence-electron chi connectivity index (χ4n) is 1.94. The number of amides is 1. The van der Waals surface area contributed by atoms with E-state index >= 15 is 0 Å². The van der Waals surface area contributed by atoms with Crippen molar-refractivity contribution in [2.24, 2.45) is 0 Å². The maximum absolute atomic E-state index is 12.0. The quantitative estimate of drug-likeness (QED) is 0.887. The number of aromatic nitrogens is 2. The second-order valence-corrected chi connectivity index (χ2v) is 5.54. The fraction of sp³-hybridized carbons (Fsp3) is 0.214. The molecule has 6 nitrogen and oxygen atoms in total. The van der Waals surface area contributed by atoms with Gasteiger partial charge in [-0.1, -0.05) is 29.3 Å². The Bertz CT molecular complexity index is 813. The molecule has 0 fully saturated rings. The molecule has 0 aliphatic rings. The van der Waals surface area contributed by atoms with E-state index in [0.717, 1.165) is 4.57 Å².